The lowest BCUT2D eigenvalue weighted by atomic mass is 9.81. The molecule has 4 heteroatoms. The summed E-state index contributed by atoms with van der Waals surface area (Å²) in [6.45, 7) is 0.308. The molecule has 0 saturated carbocycles. The molecule has 0 fully saturated rings. The molecule has 0 aliphatic heterocycles. The number of halogens is 1. The fraction of sp³-hybridized carbons (Fsp3) is 1.00. The van der Waals surface area contributed by atoms with Gasteiger partial charge in [-0.05, 0) is 24.7 Å². The van der Waals surface area contributed by atoms with Crippen LogP contribution in [0, 0.1) is 5.41 Å². The van der Waals surface area contributed by atoms with Crippen molar-refractivity contribution in [3.8, 4) is 0 Å². The minimum Gasteiger partial charge on any atom is -0.396 e. The van der Waals surface area contributed by atoms with Gasteiger partial charge in [-0.2, -0.15) is 0 Å². The van der Waals surface area contributed by atoms with Gasteiger partial charge in [-0.1, -0.05) is 15.9 Å². The number of rotatable bonds is 7. The Hall–Kier alpha value is 0.360. The Morgan fingerprint density at radius 2 is 1.17 bits per heavy atom. The van der Waals surface area contributed by atoms with Crippen LogP contribution in [-0.4, -0.2) is 40.5 Å². The number of aliphatic hydroxyl groups is 3. The van der Waals surface area contributed by atoms with E-state index in [9.17, 15) is 0 Å². The topological polar surface area (TPSA) is 60.7 Å². The molecule has 12 heavy (non-hydrogen) atoms. The quantitative estimate of drug-likeness (QED) is 0.569. The highest BCUT2D eigenvalue weighted by atomic mass is 79.9. The second kappa shape index (κ2) is 6.83. The van der Waals surface area contributed by atoms with Crippen LogP contribution in [0.4, 0.5) is 0 Å². The summed E-state index contributed by atoms with van der Waals surface area (Å²) in [5.74, 6) is 0. The zero-order chi connectivity index (χ0) is 9.45. The summed E-state index contributed by atoms with van der Waals surface area (Å²) >= 11 is 3.34. The van der Waals surface area contributed by atoms with Gasteiger partial charge < -0.3 is 15.3 Å². The first kappa shape index (κ1) is 12.4. The third-order valence-electron chi connectivity index (χ3n) is 2.21. The normalized spacial score (nSPS) is 12.0. The highest BCUT2D eigenvalue weighted by Crippen LogP contribution is 2.32. The Balaban J connectivity index is 4.06. The lowest BCUT2D eigenvalue weighted by molar-refractivity contribution is 0.120. The van der Waals surface area contributed by atoms with E-state index in [-0.39, 0.29) is 25.2 Å². The molecule has 0 aromatic heterocycles. The minimum atomic E-state index is -0.141. The van der Waals surface area contributed by atoms with Crippen LogP contribution in [0.15, 0.2) is 0 Å². The standard InChI is InChI=1S/C8H17BrO3/c9-7-8(1-4-10,2-5-11)3-6-12/h10-12H,1-7H2. The lowest BCUT2D eigenvalue weighted by Gasteiger charge is -2.29. The molecular weight excluding hydrogens is 224 g/mol. The summed E-state index contributed by atoms with van der Waals surface area (Å²) in [6, 6.07) is 0. The van der Waals surface area contributed by atoms with Gasteiger partial charge in [-0.3, -0.25) is 0 Å². The number of aliphatic hydroxyl groups excluding tert-OH is 3. The van der Waals surface area contributed by atoms with E-state index in [1.54, 1.807) is 0 Å². The van der Waals surface area contributed by atoms with Crippen LogP contribution in [0.5, 0.6) is 0 Å². The molecule has 0 atom stereocenters. The van der Waals surface area contributed by atoms with Crippen LogP contribution in [0.3, 0.4) is 0 Å². The molecule has 3 nitrogen and oxygen atoms in total. The summed E-state index contributed by atoms with van der Waals surface area (Å²) < 4.78 is 0. The predicted molar refractivity (Wildman–Crippen MR) is 51.3 cm³/mol. The van der Waals surface area contributed by atoms with E-state index in [0.717, 1.165) is 0 Å². The number of alkyl halides is 1. The Morgan fingerprint density at radius 1 is 0.833 bits per heavy atom. The van der Waals surface area contributed by atoms with Crippen LogP contribution < -0.4 is 0 Å². The molecule has 0 radical (unpaired) electrons. The second-order valence-corrected chi connectivity index (χ2v) is 3.62. The molecule has 0 aliphatic rings. The van der Waals surface area contributed by atoms with E-state index in [1.165, 1.54) is 0 Å². The molecule has 0 spiro atoms. The van der Waals surface area contributed by atoms with Gasteiger partial charge in [0.2, 0.25) is 0 Å². The maximum absolute atomic E-state index is 8.80. The first-order chi connectivity index (χ1) is 5.74. The lowest BCUT2D eigenvalue weighted by Crippen LogP contribution is -2.27. The molecule has 74 valence electrons. The highest BCUT2D eigenvalue weighted by Gasteiger charge is 2.26. The number of hydrogen-bond donors (Lipinski definition) is 3. The molecule has 0 rings (SSSR count). The number of hydrogen-bond acceptors (Lipinski definition) is 3. The van der Waals surface area contributed by atoms with Gasteiger partial charge in [0.1, 0.15) is 0 Å². The van der Waals surface area contributed by atoms with Crippen molar-refractivity contribution >= 4 is 15.9 Å². The maximum Gasteiger partial charge on any atom is 0.0436 e. The summed E-state index contributed by atoms with van der Waals surface area (Å²) in [5, 5.41) is 27.1. The van der Waals surface area contributed by atoms with Gasteiger partial charge in [0, 0.05) is 25.2 Å². The monoisotopic (exact) mass is 240 g/mol. The van der Waals surface area contributed by atoms with Crippen molar-refractivity contribution in [1.29, 1.82) is 0 Å². The summed E-state index contributed by atoms with van der Waals surface area (Å²) in [5.41, 5.74) is -0.141. The third kappa shape index (κ3) is 3.85. The average Bonchev–Trinajstić information content (AvgIpc) is 2.06. The van der Waals surface area contributed by atoms with Crippen molar-refractivity contribution in [2.24, 2.45) is 5.41 Å². The first-order valence-electron chi connectivity index (χ1n) is 4.13. The molecular formula is C8H17BrO3. The maximum atomic E-state index is 8.80. The Morgan fingerprint density at radius 3 is 1.33 bits per heavy atom. The largest absolute Gasteiger partial charge is 0.396 e. The zero-order valence-electron chi connectivity index (χ0n) is 7.17. The Bertz CT molecular complexity index is 91.5. The van der Waals surface area contributed by atoms with Crippen molar-refractivity contribution < 1.29 is 15.3 Å². The van der Waals surface area contributed by atoms with E-state index in [0.29, 0.717) is 24.6 Å². The van der Waals surface area contributed by atoms with Crippen molar-refractivity contribution in [3.05, 3.63) is 0 Å². The Labute approximate surface area is 81.5 Å². The molecule has 0 bridgehead atoms. The fourth-order valence-electron chi connectivity index (χ4n) is 1.29. The van der Waals surface area contributed by atoms with Crippen molar-refractivity contribution in [1.82, 2.24) is 0 Å². The summed E-state index contributed by atoms with van der Waals surface area (Å²) in [4.78, 5) is 0. The van der Waals surface area contributed by atoms with Gasteiger partial charge in [0.15, 0.2) is 0 Å². The van der Waals surface area contributed by atoms with Crippen LogP contribution in [0.1, 0.15) is 19.3 Å². The molecule has 0 unspecified atom stereocenters. The van der Waals surface area contributed by atoms with E-state index in [4.69, 9.17) is 15.3 Å². The van der Waals surface area contributed by atoms with Crippen LogP contribution in [0.2, 0.25) is 0 Å². The third-order valence-corrected chi connectivity index (χ3v) is 3.40. The summed E-state index contributed by atoms with van der Waals surface area (Å²) in [6.07, 6.45) is 1.87. The van der Waals surface area contributed by atoms with Gasteiger partial charge in [-0.25, -0.2) is 0 Å². The summed E-state index contributed by atoms with van der Waals surface area (Å²) in [7, 11) is 0. The predicted octanol–water partition coefficient (Wildman–Crippen LogP) is 0.515. The van der Waals surface area contributed by atoms with Gasteiger partial charge in [0.25, 0.3) is 0 Å². The van der Waals surface area contributed by atoms with E-state index in [1.807, 2.05) is 0 Å². The SMILES string of the molecule is OCCC(CBr)(CCO)CCO. The average molecular weight is 241 g/mol. The molecule has 0 aliphatic carbocycles. The van der Waals surface area contributed by atoms with Crippen LogP contribution in [0.25, 0.3) is 0 Å². The van der Waals surface area contributed by atoms with E-state index >= 15 is 0 Å². The van der Waals surface area contributed by atoms with Crippen molar-refractivity contribution in [3.63, 3.8) is 0 Å². The molecule has 0 aromatic rings. The van der Waals surface area contributed by atoms with Gasteiger partial charge >= 0.3 is 0 Å². The molecule has 3 N–H and O–H groups in total. The van der Waals surface area contributed by atoms with Crippen molar-refractivity contribution in [2.45, 2.75) is 19.3 Å². The minimum absolute atomic E-state index is 0.103. The molecule has 0 heterocycles. The van der Waals surface area contributed by atoms with E-state index in [2.05, 4.69) is 15.9 Å². The van der Waals surface area contributed by atoms with Crippen molar-refractivity contribution in [2.75, 3.05) is 25.2 Å². The Kier molecular flexibility index (Phi) is 7.04. The van der Waals surface area contributed by atoms with Gasteiger partial charge in [0.05, 0.1) is 0 Å². The molecule has 0 aromatic carbocycles. The zero-order valence-corrected chi connectivity index (χ0v) is 8.76. The first-order valence-corrected chi connectivity index (χ1v) is 5.25. The fourth-order valence-corrected chi connectivity index (χ4v) is 2.13. The molecule has 0 amide bonds. The smallest absolute Gasteiger partial charge is 0.0436 e. The van der Waals surface area contributed by atoms with E-state index < -0.39 is 0 Å². The van der Waals surface area contributed by atoms with Crippen LogP contribution >= 0.6 is 15.9 Å². The van der Waals surface area contributed by atoms with Gasteiger partial charge in [-0.15, -0.1) is 0 Å². The second-order valence-electron chi connectivity index (χ2n) is 3.05. The molecule has 0 saturated heterocycles. The van der Waals surface area contributed by atoms with Crippen LogP contribution in [-0.2, 0) is 0 Å². The highest BCUT2D eigenvalue weighted by molar-refractivity contribution is 9.09.